The molecule has 0 bridgehead atoms. The molecule has 0 amide bonds. The molecule has 5 rings (SSSR count). The van der Waals surface area contributed by atoms with Gasteiger partial charge >= 0.3 is 0 Å². The Morgan fingerprint density at radius 3 is 1.33 bits per heavy atom. The van der Waals surface area contributed by atoms with Crippen LogP contribution in [0.1, 0.15) is 59.7 Å². The third kappa shape index (κ3) is 5.13. The Labute approximate surface area is 274 Å². The summed E-state index contributed by atoms with van der Waals surface area (Å²) in [6.45, 7) is 24.1. The SMILES string of the molecule is [C-]#[N+]/C(C#N)=C(\c1ccc(-c2sc3c(c2C)C(C)(C)c2c-3sc(-c3ccc(/C(=C(\C#N)[N+]#[C-])C(C)(F)F)s3)c2C)s1)C(C)(F)F. The summed E-state index contributed by atoms with van der Waals surface area (Å²) in [5.41, 5.74) is 1.52. The molecule has 0 saturated carbocycles. The first kappa shape index (κ1) is 32.4. The molecule has 226 valence electrons. The molecule has 0 saturated heterocycles. The fraction of sp³-hybridized carbons (Fsp3) is 0.273. The Kier molecular flexibility index (Phi) is 7.97. The summed E-state index contributed by atoms with van der Waals surface area (Å²) in [7, 11) is 0. The minimum absolute atomic E-state index is 0.171. The van der Waals surface area contributed by atoms with Crippen molar-refractivity contribution >= 4 is 56.5 Å². The van der Waals surface area contributed by atoms with E-state index in [1.165, 1.54) is 12.1 Å². The molecule has 0 unspecified atom stereocenters. The first-order valence-corrected chi connectivity index (χ1v) is 16.6. The minimum Gasteiger partial charge on any atom is -0.226 e. The van der Waals surface area contributed by atoms with Crippen LogP contribution in [0.4, 0.5) is 17.6 Å². The second-order valence-corrected chi connectivity index (χ2v) is 15.4. The maximum Gasteiger partial charge on any atom is 0.272 e. The number of fused-ring (bicyclic) bond motifs is 3. The van der Waals surface area contributed by atoms with Crippen LogP contribution < -0.4 is 0 Å². The van der Waals surface area contributed by atoms with Crippen LogP contribution in [-0.2, 0) is 5.41 Å². The highest BCUT2D eigenvalue weighted by Gasteiger charge is 2.44. The summed E-state index contributed by atoms with van der Waals surface area (Å²) in [6.07, 6.45) is 0. The van der Waals surface area contributed by atoms with E-state index in [1.807, 2.05) is 13.8 Å². The van der Waals surface area contributed by atoms with Crippen LogP contribution in [-0.4, -0.2) is 11.8 Å². The normalized spacial score (nSPS) is 14.8. The molecule has 4 aromatic heterocycles. The molecule has 1 aliphatic carbocycles. The number of alkyl halides is 4. The van der Waals surface area contributed by atoms with Gasteiger partial charge in [-0.2, -0.15) is 0 Å². The zero-order chi connectivity index (χ0) is 33.2. The summed E-state index contributed by atoms with van der Waals surface area (Å²) in [4.78, 5) is 11.9. The molecule has 4 aromatic rings. The van der Waals surface area contributed by atoms with Crippen molar-refractivity contribution in [3.05, 3.63) is 90.5 Å². The topological polar surface area (TPSA) is 56.3 Å². The van der Waals surface area contributed by atoms with Gasteiger partial charge in [0, 0.05) is 58.3 Å². The van der Waals surface area contributed by atoms with Crippen LogP contribution in [0.5, 0.6) is 0 Å². The van der Waals surface area contributed by atoms with E-state index in [0.29, 0.717) is 13.8 Å². The van der Waals surface area contributed by atoms with Crippen LogP contribution in [0.2, 0.25) is 0 Å². The predicted octanol–water partition coefficient (Wildman–Crippen LogP) is 11.8. The van der Waals surface area contributed by atoms with E-state index in [1.54, 1.807) is 46.9 Å². The monoisotopic (exact) mass is 678 g/mol. The van der Waals surface area contributed by atoms with Gasteiger partial charge < -0.3 is 0 Å². The average Bonchev–Trinajstić information content (AvgIpc) is 3.75. The van der Waals surface area contributed by atoms with Crippen molar-refractivity contribution in [1.29, 1.82) is 10.5 Å². The van der Waals surface area contributed by atoms with E-state index in [-0.39, 0.29) is 9.75 Å². The van der Waals surface area contributed by atoms with Gasteiger partial charge in [-0.05, 0) is 60.4 Å². The molecule has 0 fully saturated rings. The Hall–Kier alpha value is -4.04. The minimum atomic E-state index is -3.37. The van der Waals surface area contributed by atoms with Crippen LogP contribution in [0.25, 0.3) is 50.1 Å². The van der Waals surface area contributed by atoms with Gasteiger partial charge in [-0.25, -0.2) is 37.8 Å². The lowest BCUT2D eigenvalue weighted by atomic mass is 9.80. The van der Waals surface area contributed by atoms with Gasteiger partial charge in [-0.15, -0.1) is 45.3 Å². The van der Waals surface area contributed by atoms with Crippen molar-refractivity contribution in [2.24, 2.45) is 0 Å². The van der Waals surface area contributed by atoms with Crippen molar-refractivity contribution in [3.63, 3.8) is 0 Å². The number of halogens is 4. The van der Waals surface area contributed by atoms with E-state index in [0.717, 1.165) is 74.2 Å². The van der Waals surface area contributed by atoms with Gasteiger partial charge in [0.1, 0.15) is 0 Å². The standard InChI is InChI=1S/C33H22F4N4S4/c1-15-23-29(44-27(15)21-11-9-19(42-21)25(32(5,34)35)17(13-38)40-7)30-24(31(23,3)4)16(2)28(45-30)22-12-10-20(43-22)26(33(6,36)37)18(14-39)41-8/h9-12H,1-6H3/b25-17-,26-18+. The highest BCUT2D eigenvalue weighted by Crippen LogP contribution is 2.62. The first-order valence-electron chi connectivity index (χ1n) is 13.3. The Morgan fingerprint density at radius 1 is 0.689 bits per heavy atom. The van der Waals surface area contributed by atoms with Crippen molar-refractivity contribution in [2.45, 2.75) is 58.8 Å². The number of hydrogen-bond acceptors (Lipinski definition) is 6. The summed E-state index contributed by atoms with van der Waals surface area (Å²) in [5, 5.41) is 18.7. The summed E-state index contributed by atoms with van der Waals surface area (Å²) >= 11 is 5.37. The zero-order valence-corrected chi connectivity index (χ0v) is 28.0. The van der Waals surface area contributed by atoms with Gasteiger partial charge in [0.15, 0.2) is 0 Å². The van der Waals surface area contributed by atoms with Gasteiger partial charge in [0.25, 0.3) is 23.2 Å². The van der Waals surface area contributed by atoms with Crippen molar-refractivity contribution < 1.29 is 17.6 Å². The largest absolute Gasteiger partial charge is 0.272 e. The molecule has 0 spiro atoms. The maximum atomic E-state index is 14.5. The third-order valence-electron chi connectivity index (χ3n) is 7.69. The first-order chi connectivity index (χ1) is 21.0. The second-order valence-electron chi connectivity index (χ2n) is 11.1. The molecule has 1 aliphatic rings. The third-order valence-corrected chi connectivity index (χ3v) is 13.0. The second kappa shape index (κ2) is 11.1. The summed E-state index contributed by atoms with van der Waals surface area (Å²) in [5.74, 6) is -6.74. The molecule has 0 atom stereocenters. The molecular weight excluding hydrogens is 657 g/mol. The van der Waals surface area contributed by atoms with E-state index in [2.05, 4.69) is 23.5 Å². The van der Waals surface area contributed by atoms with Crippen LogP contribution in [0.3, 0.4) is 0 Å². The number of allylic oxidation sites excluding steroid dienone is 4. The summed E-state index contributed by atoms with van der Waals surface area (Å²) in [6, 6.07) is 9.78. The highest BCUT2D eigenvalue weighted by atomic mass is 32.1. The zero-order valence-electron chi connectivity index (χ0n) is 24.7. The van der Waals surface area contributed by atoms with Crippen molar-refractivity contribution in [3.8, 4) is 41.4 Å². The van der Waals surface area contributed by atoms with Crippen molar-refractivity contribution in [2.75, 3.05) is 0 Å². The Morgan fingerprint density at radius 2 is 1.04 bits per heavy atom. The Balaban J connectivity index is 1.62. The number of thiophene rings is 4. The number of hydrogen-bond donors (Lipinski definition) is 0. The maximum absolute atomic E-state index is 14.5. The fourth-order valence-electron chi connectivity index (χ4n) is 5.99. The molecular formula is C33H22F4N4S4. The van der Waals surface area contributed by atoms with Gasteiger partial charge in [0.2, 0.25) is 0 Å². The molecule has 4 nitrogen and oxygen atoms in total. The number of rotatable bonds is 6. The molecule has 0 radical (unpaired) electrons. The van der Waals surface area contributed by atoms with Gasteiger partial charge in [-0.3, -0.25) is 0 Å². The van der Waals surface area contributed by atoms with E-state index >= 15 is 0 Å². The quantitative estimate of drug-likeness (QED) is 0.116. The molecule has 0 N–H and O–H groups in total. The summed E-state index contributed by atoms with van der Waals surface area (Å²) < 4.78 is 58.2. The van der Waals surface area contributed by atoms with Crippen LogP contribution in [0, 0.1) is 49.7 Å². The smallest absolute Gasteiger partial charge is 0.226 e. The van der Waals surface area contributed by atoms with E-state index in [9.17, 15) is 28.1 Å². The van der Waals surface area contributed by atoms with Crippen LogP contribution in [0.15, 0.2) is 35.7 Å². The number of nitrogens with zero attached hydrogens (tertiary/aromatic N) is 4. The molecule has 45 heavy (non-hydrogen) atoms. The molecule has 0 aromatic carbocycles. The van der Waals surface area contributed by atoms with E-state index in [4.69, 9.17) is 13.1 Å². The number of nitriles is 2. The molecule has 4 heterocycles. The molecule has 0 aliphatic heterocycles. The predicted molar refractivity (Wildman–Crippen MR) is 175 cm³/mol. The van der Waals surface area contributed by atoms with Crippen LogP contribution >= 0.6 is 45.3 Å². The van der Waals surface area contributed by atoms with E-state index < -0.39 is 39.8 Å². The molecule has 12 heteroatoms. The van der Waals surface area contributed by atoms with Gasteiger partial charge in [-0.1, -0.05) is 13.8 Å². The van der Waals surface area contributed by atoms with Gasteiger partial charge in [0.05, 0.1) is 36.4 Å². The fourth-order valence-corrected chi connectivity index (χ4v) is 11.7. The Bertz CT molecular complexity index is 1950. The lowest BCUT2D eigenvalue weighted by Gasteiger charge is -2.23. The average molecular weight is 679 g/mol. The van der Waals surface area contributed by atoms with Crippen molar-refractivity contribution in [1.82, 2.24) is 0 Å². The highest BCUT2D eigenvalue weighted by molar-refractivity contribution is 7.29. The lowest BCUT2D eigenvalue weighted by Crippen LogP contribution is -2.16. The lowest BCUT2D eigenvalue weighted by molar-refractivity contribution is 0.0884.